The number of hydrogen-bond donors (Lipinski definition) is 2. The minimum Gasteiger partial charge on any atom is -0.507 e. The number of benzene rings is 2. The number of fused-ring (bicyclic) bond motifs is 1. The lowest BCUT2D eigenvalue weighted by atomic mass is 9.98. The first-order valence-electron chi connectivity index (χ1n) is 8.99. The highest BCUT2D eigenvalue weighted by Crippen LogP contribution is 2.32. The third-order valence-corrected chi connectivity index (χ3v) is 5.05. The van der Waals surface area contributed by atoms with Crippen LogP contribution in [0.2, 0.25) is 0 Å². The normalized spacial score (nSPS) is 15.1. The Labute approximate surface area is 156 Å². The van der Waals surface area contributed by atoms with Crippen molar-refractivity contribution in [1.29, 1.82) is 0 Å². The Kier molecular flexibility index (Phi) is 4.83. The van der Waals surface area contributed by atoms with E-state index >= 15 is 0 Å². The molecule has 2 heterocycles. The highest BCUT2D eigenvalue weighted by Gasteiger charge is 2.24. The Balaban J connectivity index is 1.74. The van der Waals surface area contributed by atoms with Gasteiger partial charge in [0.1, 0.15) is 43.0 Å². The number of nitrogens with one attached hydrogen (secondary N) is 1. The van der Waals surface area contributed by atoms with Crippen molar-refractivity contribution in [3.8, 4) is 11.5 Å². The van der Waals surface area contributed by atoms with Gasteiger partial charge in [-0.2, -0.15) is 0 Å². The van der Waals surface area contributed by atoms with Crippen molar-refractivity contribution in [3.05, 3.63) is 59.4 Å². The first kappa shape index (κ1) is 17.6. The number of phenols is 1. The van der Waals surface area contributed by atoms with Crippen LogP contribution in [0.1, 0.15) is 21.5 Å². The summed E-state index contributed by atoms with van der Waals surface area (Å²) in [5.74, 6) is 0.741. The maximum Gasteiger partial charge on any atom is 0.196 e. The number of carbonyl (C=O) groups is 1. The highest BCUT2D eigenvalue weighted by molar-refractivity contribution is 6.16. The zero-order valence-corrected chi connectivity index (χ0v) is 15.2. The molecule has 0 radical (unpaired) electrons. The first-order chi connectivity index (χ1) is 13.2. The second kappa shape index (κ2) is 7.42. The van der Waals surface area contributed by atoms with E-state index in [2.05, 4.69) is 0 Å². The van der Waals surface area contributed by atoms with Gasteiger partial charge in [0.05, 0.1) is 31.5 Å². The van der Waals surface area contributed by atoms with Gasteiger partial charge in [-0.1, -0.05) is 0 Å². The standard InChI is InChI=1S/C21H21NO5/c1-25-15-4-2-14(3-5-15)21(24)17-13-27-19-7-6-18(23)16(20(17)19)12-22-8-10-26-11-9-22/h2-7,13,23H,8-12H2,1H3/p+1. The molecule has 4 rings (SSSR count). The van der Waals surface area contributed by atoms with Gasteiger partial charge in [-0.05, 0) is 36.4 Å². The molecule has 1 aromatic heterocycles. The number of hydrogen-bond acceptors (Lipinski definition) is 5. The summed E-state index contributed by atoms with van der Waals surface area (Å²) >= 11 is 0. The maximum atomic E-state index is 13.1. The average molecular weight is 368 g/mol. The molecule has 0 aliphatic carbocycles. The van der Waals surface area contributed by atoms with Gasteiger partial charge < -0.3 is 23.9 Å². The van der Waals surface area contributed by atoms with E-state index in [0.717, 1.165) is 18.7 Å². The van der Waals surface area contributed by atoms with Gasteiger partial charge in [0.15, 0.2) is 5.78 Å². The minimum atomic E-state index is -0.139. The molecule has 1 fully saturated rings. The van der Waals surface area contributed by atoms with Crippen molar-refractivity contribution in [2.24, 2.45) is 0 Å². The van der Waals surface area contributed by atoms with Crippen molar-refractivity contribution < 1.29 is 28.7 Å². The zero-order chi connectivity index (χ0) is 18.8. The second-order valence-corrected chi connectivity index (χ2v) is 6.68. The third-order valence-electron chi connectivity index (χ3n) is 5.05. The van der Waals surface area contributed by atoms with Crippen molar-refractivity contribution in [1.82, 2.24) is 0 Å². The number of rotatable bonds is 5. The molecule has 6 heteroatoms. The second-order valence-electron chi connectivity index (χ2n) is 6.68. The fourth-order valence-electron chi connectivity index (χ4n) is 3.52. The molecule has 0 atom stereocenters. The first-order valence-corrected chi connectivity index (χ1v) is 8.99. The lowest BCUT2D eigenvalue weighted by Crippen LogP contribution is -3.12. The van der Waals surface area contributed by atoms with Gasteiger partial charge in [-0.15, -0.1) is 0 Å². The predicted molar refractivity (Wildman–Crippen MR) is 99.5 cm³/mol. The third kappa shape index (κ3) is 3.41. The summed E-state index contributed by atoms with van der Waals surface area (Å²) in [6, 6.07) is 10.3. The van der Waals surface area contributed by atoms with Crippen LogP contribution in [0.15, 0.2) is 47.1 Å². The monoisotopic (exact) mass is 368 g/mol. The summed E-state index contributed by atoms with van der Waals surface area (Å²) in [6.07, 6.45) is 1.48. The number of morpholine rings is 1. The molecule has 140 valence electrons. The minimum absolute atomic E-state index is 0.139. The summed E-state index contributed by atoms with van der Waals surface area (Å²) in [4.78, 5) is 14.4. The summed E-state index contributed by atoms with van der Waals surface area (Å²) in [7, 11) is 1.59. The van der Waals surface area contributed by atoms with Crippen LogP contribution in [0, 0.1) is 0 Å². The molecule has 1 aliphatic heterocycles. The van der Waals surface area contributed by atoms with Crippen molar-refractivity contribution in [3.63, 3.8) is 0 Å². The van der Waals surface area contributed by atoms with Crippen LogP contribution >= 0.6 is 0 Å². The largest absolute Gasteiger partial charge is 0.507 e. The molecule has 1 aliphatic rings. The van der Waals surface area contributed by atoms with Crippen molar-refractivity contribution in [2.45, 2.75) is 6.54 Å². The molecule has 2 N–H and O–H groups in total. The number of ketones is 1. The molecule has 1 saturated heterocycles. The van der Waals surface area contributed by atoms with Crippen molar-refractivity contribution >= 4 is 16.8 Å². The van der Waals surface area contributed by atoms with E-state index in [1.165, 1.54) is 11.2 Å². The molecule has 0 saturated carbocycles. The molecule has 0 amide bonds. The van der Waals surface area contributed by atoms with Crippen LogP contribution in [0.4, 0.5) is 0 Å². The lowest BCUT2D eigenvalue weighted by Gasteiger charge is -2.24. The summed E-state index contributed by atoms with van der Waals surface area (Å²) in [5, 5.41) is 11.2. The van der Waals surface area contributed by atoms with Crippen molar-refractivity contribution in [2.75, 3.05) is 33.4 Å². The van der Waals surface area contributed by atoms with Crippen LogP contribution in [0.25, 0.3) is 11.0 Å². The Morgan fingerprint density at radius 3 is 2.59 bits per heavy atom. The van der Waals surface area contributed by atoms with Crippen LogP contribution < -0.4 is 9.64 Å². The van der Waals surface area contributed by atoms with Crippen LogP contribution in [0.3, 0.4) is 0 Å². The number of furan rings is 1. The predicted octanol–water partition coefficient (Wildman–Crippen LogP) is 1.79. The Bertz CT molecular complexity index is 955. The molecular formula is C21H22NO5+. The Morgan fingerprint density at radius 2 is 1.89 bits per heavy atom. The average Bonchev–Trinajstić information content (AvgIpc) is 3.15. The molecule has 0 spiro atoms. The van der Waals surface area contributed by atoms with Gasteiger partial charge in [-0.25, -0.2) is 0 Å². The topological polar surface area (TPSA) is 73.3 Å². The van der Waals surface area contributed by atoms with Crippen LogP contribution in [0.5, 0.6) is 11.5 Å². The van der Waals surface area contributed by atoms with Gasteiger partial charge in [0, 0.05) is 10.9 Å². The SMILES string of the molecule is COc1ccc(C(=O)c2coc3ccc(O)c(C[NH+]4CCOCC4)c23)cc1. The van der Waals surface area contributed by atoms with E-state index in [9.17, 15) is 9.90 Å². The van der Waals surface area contributed by atoms with Gasteiger partial charge in [-0.3, -0.25) is 4.79 Å². The summed E-state index contributed by atoms with van der Waals surface area (Å²) in [5.41, 5.74) is 2.36. The van der Waals surface area contributed by atoms with E-state index in [1.807, 2.05) is 0 Å². The zero-order valence-electron chi connectivity index (χ0n) is 15.2. The number of methoxy groups -OCH3 is 1. The number of ether oxygens (including phenoxy) is 2. The van der Waals surface area contributed by atoms with E-state index in [1.54, 1.807) is 43.5 Å². The lowest BCUT2D eigenvalue weighted by molar-refractivity contribution is -0.921. The number of phenolic OH excluding ortho intramolecular Hbond substituents is 1. The smallest absolute Gasteiger partial charge is 0.196 e. The maximum absolute atomic E-state index is 13.1. The molecule has 3 aromatic rings. The van der Waals surface area contributed by atoms with Gasteiger partial charge >= 0.3 is 0 Å². The molecule has 27 heavy (non-hydrogen) atoms. The van der Waals surface area contributed by atoms with Gasteiger partial charge in [0.2, 0.25) is 0 Å². The Hall–Kier alpha value is -2.83. The quantitative estimate of drug-likeness (QED) is 0.672. The molecular weight excluding hydrogens is 346 g/mol. The number of aromatic hydroxyl groups is 1. The summed E-state index contributed by atoms with van der Waals surface area (Å²) in [6.45, 7) is 3.77. The van der Waals surface area contributed by atoms with Crippen LogP contribution in [-0.4, -0.2) is 44.3 Å². The Morgan fingerprint density at radius 1 is 1.15 bits per heavy atom. The molecule has 6 nitrogen and oxygen atoms in total. The van der Waals surface area contributed by atoms with Gasteiger partial charge in [0.25, 0.3) is 0 Å². The number of quaternary nitrogens is 1. The fourth-order valence-corrected chi connectivity index (χ4v) is 3.52. The number of carbonyl (C=O) groups excluding carboxylic acids is 1. The van der Waals surface area contributed by atoms with Crippen LogP contribution in [-0.2, 0) is 11.3 Å². The fraction of sp³-hybridized carbons (Fsp3) is 0.286. The summed E-state index contributed by atoms with van der Waals surface area (Å²) < 4.78 is 16.2. The van der Waals surface area contributed by atoms with E-state index in [0.29, 0.717) is 47.6 Å². The van der Waals surface area contributed by atoms with E-state index < -0.39 is 0 Å². The molecule has 2 aromatic carbocycles. The molecule has 0 bridgehead atoms. The molecule has 0 unspecified atom stereocenters. The van der Waals surface area contributed by atoms with E-state index in [-0.39, 0.29) is 11.5 Å². The highest BCUT2D eigenvalue weighted by atomic mass is 16.5. The van der Waals surface area contributed by atoms with E-state index in [4.69, 9.17) is 13.9 Å².